The number of halogens is 2. The van der Waals surface area contributed by atoms with E-state index in [2.05, 4.69) is 51.0 Å². The summed E-state index contributed by atoms with van der Waals surface area (Å²) in [6, 6.07) is 2.17. The topological polar surface area (TPSA) is 250 Å². The van der Waals surface area contributed by atoms with E-state index in [-0.39, 0.29) is 94.3 Å². The smallest absolute Gasteiger partial charge is 0.428 e. The first-order valence-electron chi connectivity index (χ1n) is 22.4. The molecule has 4 aliphatic rings. The number of H-pyrrole nitrogens is 2. The van der Waals surface area contributed by atoms with Crippen molar-refractivity contribution in [3.05, 3.63) is 46.5 Å². The van der Waals surface area contributed by atoms with Gasteiger partial charge in [-0.15, -0.1) is 0 Å². The van der Waals surface area contributed by atoms with Crippen molar-refractivity contribution in [3.8, 4) is 0 Å². The van der Waals surface area contributed by atoms with Crippen LogP contribution in [0.3, 0.4) is 0 Å². The molecule has 4 fully saturated rings. The largest absolute Gasteiger partial charge is 0.509 e. The average molecular weight is 961 g/mol. The Bertz CT molecular complexity index is 2430. The molecule has 8 rings (SSSR count). The van der Waals surface area contributed by atoms with E-state index in [1.54, 1.807) is 72.3 Å². The minimum absolute atomic E-state index is 0.0159. The van der Waals surface area contributed by atoms with E-state index < -0.39 is 51.1 Å². The number of carbonyl (C=O) groups is 1. The van der Waals surface area contributed by atoms with E-state index in [0.717, 1.165) is 38.5 Å². The number of fused-ring (bicyclic) bond motifs is 4. The van der Waals surface area contributed by atoms with E-state index in [0.29, 0.717) is 37.1 Å². The second-order valence-corrected chi connectivity index (χ2v) is 22.0. The van der Waals surface area contributed by atoms with Gasteiger partial charge in [-0.1, -0.05) is 12.8 Å². The molecule has 0 amide bonds. The van der Waals surface area contributed by atoms with Crippen LogP contribution >= 0.6 is 0 Å². The minimum atomic E-state index is -3.42. The molecule has 4 aliphatic heterocycles. The normalized spacial score (nSPS) is 23.6. The third kappa shape index (κ3) is 9.88. The Balaban J connectivity index is 1.00. The lowest BCUT2D eigenvalue weighted by Gasteiger charge is -2.49. The van der Waals surface area contributed by atoms with Crippen LogP contribution in [0.15, 0.2) is 12.1 Å². The summed E-state index contributed by atoms with van der Waals surface area (Å²) in [5.74, 6) is -1.47. The van der Waals surface area contributed by atoms with Gasteiger partial charge in [-0.25, -0.2) is 40.4 Å². The van der Waals surface area contributed by atoms with Crippen molar-refractivity contribution >= 4 is 61.4 Å². The number of ether oxygens (including phenoxy) is 2. The van der Waals surface area contributed by atoms with Crippen molar-refractivity contribution in [2.45, 2.75) is 141 Å². The molecule has 360 valence electrons. The van der Waals surface area contributed by atoms with Crippen molar-refractivity contribution < 1.29 is 39.9 Å². The minimum Gasteiger partial charge on any atom is -0.428 e. The number of hydrogen-bond donors (Lipinski definition) is 4. The quantitative estimate of drug-likeness (QED) is 0.104. The Morgan fingerprint density at radius 2 is 1.05 bits per heavy atom. The van der Waals surface area contributed by atoms with Crippen molar-refractivity contribution in [1.29, 1.82) is 0 Å². The highest BCUT2D eigenvalue weighted by Gasteiger charge is 2.46. The summed E-state index contributed by atoms with van der Waals surface area (Å²) in [5, 5.41) is 19.6. The number of carbonyl (C=O) groups excluding carboxylic acids is 1. The zero-order valence-corrected chi connectivity index (χ0v) is 39.6. The van der Waals surface area contributed by atoms with Crippen LogP contribution in [0.2, 0.25) is 0 Å². The molecule has 21 nitrogen and oxygen atoms in total. The van der Waals surface area contributed by atoms with Crippen molar-refractivity contribution in [2.24, 2.45) is 0 Å². The molecule has 8 heterocycles. The molecule has 25 heteroatoms. The van der Waals surface area contributed by atoms with Gasteiger partial charge in [0, 0.05) is 73.9 Å². The first kappa shape index (κ1) is 47.2. The molecule has 4 aromatic heterocycles. The van der Waals surface area contributed by atoms with Crippen molar-refractivity contribution in [3.63, 3.8) is 0 Å². The molecule has 4 aromatic rings. The monoisotopic (exact) mass is 960 g/mol. The summed E-state index contributed by atoms with van der Waals surface area (Å²) in [5.41, 5.74) is 0.846. The molecular formula is C41H58F2N14O7S2. The number of rotatable bonds is 16. The fraction of sp³-hybridized carbons (Fsp3) is 0.634. The van der Waals surface area contributed by atoms with Gasteiger partial charge < -0.3 is 29.9 Å². The Hall–Kier alpha value is -5.27. The summed E-state index contributed by atoms with van der Waals surface area (Å²) in [7, 11) is -3.31. The lowest BCUT2D eigenvalue weighted by molar-refractivity contribution is 0.0416. The number of aryl methyl sites for hydroxylation is 2. The van der Waals surface area contributed by atoms with Gasteiger partial charge in [0.1, 0.15) is 24.6 Å². The summed E-state index contributed by atoms with van der Waals surface area (Å²) >= 11 is 0. The highest BCUT2D eigenvalue weighted by molar-refractivity contribution is 7.89. The van der Waals surface area contributed by atoms with Gasteiger partial charge in [-0.3, -0.25) is 10.2 Å². The molecule has 4 bridgehead atoms. The highest BCUT2D eigenvalue weighted by atomic mass is 32.2. The van der Waals surface area contributed by atoms with E-state index in [9.17, 15) is 21.6 Å². The van der Waals surface area contributed by atoms with Crippen LogP contribution in [0.1, 0.15) is 101 Å². The lowest BCUT2D eigenvalue weighted by atomic mass is 9.83. The van der Waals surface area contributed by atoms with Crippen molar-refractivity contribution in [2.75, 3.05) is 46.0 Å². The predicted octanol–water partition coefficient (Wildman–Crippen LogP) is 5.29. The van der Waals surface area contributed by atoms with Gasteiger partial charge in [-0.05, 0) is 79.1 Å². The number of piperidine rings is 4. The Morgan fingerprint density at radius 1 is 0.682 bits per heavy atom. The van der Waals surface area contributed by atoms with Crippen LogP contribution in [0.25, 0.3) is 0 Å². The maximum atomic E-state index is 16.2. The van der Waals surface area contributed by atoms with Gasteiger partial charge in [0.25, 0.3) is 0 Å². The lowest BCUT2D eigenvalue weighted by Crippen LogP contribution is -2.58. The molecular weight excluding hydrogens is 903 g/mol. The molecule has 6 atom stereocenters. The molecule has 0 radical (unpaired) electrons. The van der Waals surface area contributed by atoms with E-state index in [1.165, 1.54) is 0 Å². The third-order valence-electron chi connectivity index (χ3n) is 13.2. The van der Waals surface area contributed by atoms with E-state index in [4.69, 9.17) is 9.47 Å². The molecule has 4 saturated heterocycles. The maximum Gasteiger partial charge on any atom is 0.509 e. The molecule has 2 unspecified atom stereocenters. The molecule has 66 heavy (non-hydrogen) atoms. The van der Waals surface area contributed by atoms with Crippen LogP contribution in [0.4, 0.5) is 48.7 Å². The standard InChI is InChI=1S/C41H58F2N14O7S2/c1-7-65(59,60)56-25-11-9-12-26(56)18-29(17-25)54(5)39-44-31(35(42)37(48-39)46-33-15-23(3)50-52-33)21-63-41(58)64-22-32-36(43)38(47-34-16-24(4)51-53-34)49-40(45-32)55(6)30-19-27-13-10-14-28(20-30)57(27)66(61,62)8-2/h15-16,25-30H,7-14,17-22H2,1-6H3,(H2,44,46,48,50,52)(H2,45,47,49,51,53)/t25-,26+,27-,28+,29?,30?. The van der Waals surface area contributed by atoms with Crippen molar-refractivity contribution in [1.82, 2.24) is 48.9 Å². The molecule has 0 aliphatic carbocycles. The first-order chi connectivity index (χ1) is 31.4. The summed E-state index contributed by atoms with van der Waals surface area (Å²) in [4.78, 5) is 34.8. The third-order valence-corrected chi connectivity index (χ3v) is 17.2. The molecule has 4 N–H and O–H groups in total. The van der Waals surface area contributed by atoms with Gasteiger partial charge in [0.2, 0.25) is 31.9 Å². The van der Waals surface area contributed by atoms with E-state index in [1.807, 2.05) is 0 Å². The van der Waals surface area contributed by atoms with Crippen LogP contribution in [-0.4, -0.2) is 134 Å². The SMILES string of the molecule is CCS(=O)(=O)N1[C@@H]2CCC[C@H]1CC(N(C)c1nc(COC(=O)OCc3nc(N(C)C4C[C@H]5CCC[C@@H](C4)N5S(=O)(=O)CC)nc(Nc4cc(C)[nH]n4)c3F)c(F)c(Nc3cc(C)[nH]n3)n1)C2. The van der Waals surface area contributed by atoms with Crippen LogP contribution in [0, 0.1) is 25.5 Å². The zero-order chi connectivity index (χ0) is 47.1. The second kappa shape index (κ2) is 19.1. The average Bonchev–Trinajstić information content (AvgIpc) is 3.90. The molecule has 0 spiro atoms. The number of nitrogens with one attached hydrogen (secondary N) is 4. The Kier molecular flexibility index (Phi) is 13.7. The summed E-state index contributed by atoms with van der Waals surface area (Å²) in [6.07, 6.45) is 5.56. The van der Waals surface area contributed by atoms with Crippen LogP contribution < -0.4 is 20.4 Å². The number of aromatic amines is 2. The Labute approximate surface area is 382 Å². The fourth-order valence-electron chi connectivity index (χ4n) is 9.92. The van der Waals surface area contributed by atoms with Gasteiger partial charge in [0.05, 0.1) is 11.5 Å². The number of nitrogens with zero attached hydrogens (tertiary/aromatic N) is 10. The first-order valence-corrected chi connectivity index (χ1v) is 25.6. The molecule has 0 aromatic carbocycles. The number of aromatic nitrogens is 8. The maximum absolute atomic E-state index is 16.2. The van der Waals surface area contributed by atoms with Crippen LogP contribution in [0.5, 0.6) is 0 Å². The fourth-order valence-corrected chi connectivity index (χ4v) is 13.1. The summed E-state index contributed by atoms with van der Waals surface area (Å²) in [6.45, 7) is 5.47. The highest BCUT2D eigenvalue weighted by Crippen LogP contribution is 2.40. The van der Waals surface area contributed by atoms with Gasteiger partial charge in [-0.2, -0.15) is 28.8 Å². The summed E-state index contributed by atoms with van der Waals surface area (Å²) < 4.78 is 98.8. The van der Waals surface area contributed by atoms with E-state index >= 15 is 8.78 Å². The number of hydrogen-bond acceptors (Lipinski definition) is 17. The number of sulfonamides is 2. The molecule has 0 saturated carbocycles. The van der Waals surface area contributed by atoms with Gasteiger partial charge >= 0.3 is 6.16 Å². The Morgan fingerprint density at radius 3 is 1.36 bits per heavy atom. The predicted molar refractivity (Wildman–Crippen MR) is 240 cm³/mol. The second-order valence-electron chi connectivity index (χ2n) is 17.6. The van der Waals surface area contributed by atoms with Gasteiger partial charge in [0.15, 0.2) is 34.9 Å². The zero-order valence-electron chi connectivity index (χ0n) is 37.9. The van der Waals surface area contributed by atoms with Crippen LogP contribution in [-0.2, 0) is 42.7 Å². The number of anilines is 6.